The molecule has 5 heteroatoms. The van der Waals surface area contributed by atoms with Crippen LogP contribution in [0.3, 0.4) is 0 Å². The van der Waals surface area contributed by atoms with Crippen LogP contribution in [0.2, 0.25) is 0 Å². The molecule has 3 aromatic rings. The van der Waals surface area contributed by atoms with Gasteiger partial charge in [0.15, 0.2) is 0 Å². The second kappa shape index (κ2) is 8.32. The Balaban J connectivity index is 1.49. The van der Waals surface area contributed by atoms with E-state index in [-0.39, 0.29) is 19.1 Å². The molecule has 0 aliphatic heterocycles. The molecule has 1 heterocycles. The molecule has 26 heavy (non-hydrogen) atoms. The van der Waals surface area contributed by atoms with Gasteiger partial charge in [-0.3, -0.25) is 9.78 Å². The zero-order valence-corrected chi connectivity index (χ0v) is 13.9. The Morgan fingerprint density at radius 1 is 1.08 bits per heavy atom. The van der Waals surface area contributed by atoms with Crippen LogP contribution >= 0.6 is 0 Å². The number of para-hydroxylation sites is 1. The van der Waals surface area contributed by atoms with E-state index in [2.05, 4.69) is 22.1 Å². The number of rotatable bonds is 4. The fourth-order valence-corrected chi connectivity index (χ4v) is 2.34. The van der Waals surface area contributed by atoms with Crippen LogP contribution in [0.4, 0.5) is 0 Å². The predicted molar refractivity (Wildman–Crippen MR) is 98.5 cm³/mol. The molecule has 0 bridgehead atoms. The van der Waals surface area contributed by atoms with Gasteiger partial charge in [-0.1, -0.05) is 30.0 Å². The Hall–Kier alpha value is -3.83. The number of nitriles is 1. The van der Waals surface area contributed by atoms with Gasteiger partial charge in [-0.15, -0.1) is 0 Å². The van der Waals surface area contributed by atoms with E-state index in [9.17, 15) is 4.79 Å². The number of amides is 1. The number of carbonyl (C=O) groups is 1. The fraction of sp³-hybridized carbons (Fsp3) is 0.0952. The second-order valence-electron chi connectivity index (χ2n) is 5.35. The van der Waals surface area contributed by atoms with Crippen LogP contribution in [-0.4, -0.2) is 24.0 Å². The summed E-state index contributed by atoms with van der Waals surface area (Å²) in [4.78, 5) is 16.3. The summed E-state index contributed by atoms with van der Waals surface area (Å²) in [7, 11) is 0. The van der Waals surface area contributed by atoms with Gasteiger partial charge >= 0.3 is 0 Å². The van der Waals surface area contributed by atoms with Crippen molar-refractivity contribution in [3.8, 4) is 23.7 Å². The van der Waals surface area contributed by atoms with Crippen LogP contribution in [0.1, 0.15) is 15.9 Å². The summed E-state index contributed by atoms with van der Waals surface area (Å²) >= 11 is 0. The molecule has 2 aromatic carbocycles. The average molecular weight is 341 g/mol. The van der Waals surface area contributed by atoms with Gasteiger partial charge in [0.2, 0.25) is 0 Å². The monoisotopic (exact) mass is 341 g/mol. The number of ether oxygens (including phenoxy) is 1. The molecule has 0 spiro atoms. The molecule has 3 rings (SSSR count). The van der Waals surface area contributed by atoms with Crippen molar-refractivity contribution in [1.29, 1.82) is 5.26 Å². The highest BCUT2D eigenvalue weighted by Gasteiger charge is 2.03. The summed E-state index contributed by atoms with van der Waals surface area (Å²) in [6, 6.07) is 18.0. The van der Waals surface area contributed by atoms with E-state index in [4.69, 9.17) is 10.00 Å². The van der Waals surface area contributed by atoms with Crippen molar-refractivity contribution in [2.75, 3.05) is 13.2 Å². The molecule has 126 valence electrons. The maximum atomic E-state index is 11.9. The van der Waals surface area contributed by atoms with Crippen LogP contribution in [0.5, 0.6) is 5.75 Å². The number of benzene rings is 2. The molecule has 0 saturated carbocycles. The minimum Gasteiger partial charge on any atom is -0.479 e. The third kappa shape index (κ3) is 4.17. The Morgan fingerprint density at radius 3 is 2.69 bits per heavy atom. The van der Waals surface area contributed by atoms with Crippen molar-refractivity contribution in [3.05, 3.63) is 71.9 Å². The number of nitrogens with one attached hydrogen (secondary N) is 1. The maximum Gasteiger partial charge on any atom is 0.252 e. The van der Waals surface area contributed by atoms with E-state index in [1.54, 1.807) is 30.5 Å². The fourth-order valence-electron chi connectivity index (χ4n) is 2.34. The third-order valence-electron chi connectivity index (χ3n) is 3.63. The zero-order chi connectivity index (χ0) is 18.2. The number of nitrogens with zero attached hydrogens (tertiary/aromatic N) is 2. The number of carbonyl (C=O) groups excluding carboxylic acids is 1. The van der Waals surface area contributed by atoms with E-state index in [0.29, 0.717) is 16.9 Å². The van der Waals surface area contributed by atoms with Gasteiger partial charge < -0.3 is 10.1 Å². The van der Waals surface area contributed by atoms with Crippen molar-refractivity contribution in [2.45, 2.75) is 0 Å². The van der Waals surface area contributed by atoms with Crippen molar-refractivity contribution in [1.82, 2.24) is 10.3 Å². The maximum absolute atomic E-state index is 11.9. The zero-order valence-electron chi connectivity index (χ0n) is 13.9. The summed E-state index contributed by atoms with van der Waals surface area (Å²) in [5, 5.41) is 12.5. The highest BCUT2D eigenvalue weighted by molar-refractivity contribution is 5.94. The summed E-state index contributed by atoms with van der Waals surface area (Å²) in [6.07, 6.45) is 1.72. The molecule has 0 unspecified atom stereocenters. The summed E-state index contributed by atoms with van der Waals surface area (Å²) < 4.78 is 5.66. The Morgan fingerprint density at radius 2 is 1.88 bits per heavy atom. The molecule has 0 aliphatic rings. The van der Waals surface area contributed by atoms with E-state index in [1.807, 2.05) is 36.4 Å². The minimum absolute atomic E-state index is 0.211. The smallest absolute Gasteiger partial charge is 0.252 e. The largest absolute Gasteiger partial charge is 0.479 e. The third-order valence-corrected chi connectivity index (χ3v) is 3.63. The first kappa shape index (κ1) is 17.0. The standard InChI is InChI=1S/C21H15N3O2/c22-15-16-8-10-18(11-9-16)21(25)24-12-1-2-14-26-19-7-3-5-17-6-4-13-23-20(17)19/h3-11,13H,12,14H2,(H,24,25). The molecular formula is C21H15N3O2. The second-order valence-corrected chi connectivity index (χ2v) is 5.35. The molecule has 1 amide bonds. The predicted octanol–water partition coefficient (Wildman–Crippen LogP) is 2.92. The number of hydrogen-bond acceptors (Lipinski definition) is 4. The molecule has 0 fully saturated rings. The van der Waals surface area contributed by atoms with Gasteiger partial charge in [0, 0.05) is 17.1 Å². The lowest BCUT2D eigenvalue weighted by molar-refractivity contribution is 0.0958. The Bertz CT molecular complexity index is 1020. The van der Waals surface area contributed by atoms with Crippen LogP contribution in [0.15, 0.2) is 60.8 Å². The van der Waals surface area contributed by atoms with Crippen molar-refractivity contribution >= 4 is 16.8 Å². The van der Waals surface area contributed by atoms with Gasteiger partial charge in [-0.25, -0.2) is 0 Å². The summed E-state index contributed by atoms with van der Waals surface area (Å²) in [6.45, 7) is 0.429. The van der Waals surface area contributed by atoms with Crippen LogP contribution in [-0.2, 0) is 0 Å². The van der Waals surface area contributed by atoms with Gasteiger partial charge in [-0.2, -0.15) is 5.26 Å². The molecule has 1 N–H and O–H groups in total. The first-order valence-electron chi connectivity index (χ1n) is 7.98. The molecule has 0 aliphatic carbocycles. The van der Waals surface area contributed by atoms with Crippen molar-refractivity contribution in [2.24, 2.45) is 0 Å². The SMILES string of the molecule is N#Cc1ccc(C(=O)NCC#CCOc2cccc3cccnc23)cc1. The topological polar surface area (TPSA) is 75.0 Å². The first-order chi connectivity index (χ1) is 12.8. The Kier molecular flexibility index (Phi) is 5.44. The van der Waals surface area contributed by atoms with Gasteiger partial charge in [0.1, 0.15) is 17.9 Å². The lowest BCUT2D eigenvalue weighted by atomic mass is 10.1. The quantitative estimate of drug-likeness (QED) is 0.741. The highest BCUT2D eigenvalue weighted by Crippen LogP contribution is 2.22. The van der Waals surface area contributed by atoms with Gasteiger partial charge in [-0.05, 0) is 36.4 Å². The van der Waals surface area contributed by atoms with Gasteiger partial charge in [0.25, 0.3) is 5.91 Å². The number of aromatic nitrogens is 1. The van der Waals surface area contributed by atoms with Crippen LogP contribution in [0, 0.1) is 23.2 Å². The average Bonchev–Trinajstić information content (AvgIpc) is 2.70. The number of hydrogen-bond donors (Lipinski definition) is 1. The summed E-state index contributed by atoms with van der Waals surface area (Å²) in [5.74, 6) is 6.16. The molecule has 0 radical (unpaired) electrons. The van der Waals surface area contributed by atoms with E-state index >= 15 is 0 Å². The lowest BCUT2D eigenvalue weighted by Gasteiger charge is -2.05. The van der Waals surface area contributed by atoms with Crippen LogP contribution in [0.25, 0.3) is 10.9 Å². The Labute approximate surface area is 151 Å². The molecule has 5 nitrogen and oxygen atoms in total. The number of pyridine rings is 1. The van der Waals surface area contributed by atoms with E-state index < -0.39 is 0 Å². The van der Waals surface area contributed by atoms with E-state index in [1.165, 1.54) is 0 Å². The highest BCUT2D eigenvalue weighted by atomic mass is 16.5. The van der Waals surface area contributed by atoms with Crippen molar-refractivity contribution in [3.63, 3.8) is 0 Å². The molecular weight excluding hydrogens is 326 g/mol. The van der Waals surface area contributed by atoms with Gasteiger partial charge in [0.05, 0.1) is 18.2 Å². The molecule has 0 atom stereocenters. The number of fused-ring (bicyclic) bond motifs is 1. The van der Waals surface area contributed by atoms with Crippen LogP contribution < -0.4 is 10.1 Å². The summed E-state index contributed by atoms with van der Waals surface area (Å²) in [5.41, 5.74) is 1.80. The molecule has 0 saturated heterocycles. The lowest BCUT2D eigenvalue weighted by Crippen LogP contribution is -2.23. The molecule has 1 aromatic heterocycles. The minimum atomic E-state index is -0.233. The van der Waals surface area contributed by atoms with Crippen molar-refractivity contribution < 1.29 is 9.53 Å². The first-order valence-corrected chi connectivity index (χ1v) is 7.98. The van der Waals surface area contributed by atoms with E-state index in [0.717, 1.165) is 10.9 Å². The normalized spacial score (nSPS) is 9.65.